The van der Waals surface area contributed by atoms with E-state index in [0.29, 0.717) is 11.3 Å². The number of nitrogens with zero attached hydrogens (tertiary/aromatic N) is 2. The smallest absolute Gasteiger partial charge is 0.205 e. The Bertz CT molecular complexity index is 689. The summed E-state index contributed by atoms with van der Waals surface area (Å²) in [4.78, 5) is 0. The molecule has 130 valence electrons. The molecule has 0 saturated heterocycles. The molecule has 1 saturated carbocycles. The van der Waals surface area contributed by atoms with Gasteiger partial charge in [-0.25, -0.2) is 0 Å². The van der Waals surface area contributed by atoms with Crippen molar-refractivity contribution in [2.75, 3.05) is 11.1 Å². The fraction of sp³-hybridized carbons (Fsp3) is 0.529. The Balaban J connectivity index is 1.57. The first-order valence-corrected chi connectivity index (χ1v) is 10.9. The lowest BCUT2D eigenvalue weighted by Crippen LogP contribution is -2.32. The molecule has 3 unspecified atom stereocenters. The van der Waals surface area contributed by atoms with Gasteiger partial charge in [-0.1, -0.05) is 48.4 Å². The van der Waals surface area contributed by atoms with Crippen LogP contribution in [0.1, 0.15) is 43.2 Å². The lowest BCUT2D eigenvalue weighted by molar-refractivity contribution is 0.465. The first kappa shape index (κ1) is 17.8. The third-order valence-electron chi connectivity index (χ3n) is 4.35. The van der Waals surface area contributed by atoms with Gasteiger partial charge in [-0.05, 0) is 37.0 Å². The van der Waals surface area contributed by atoms with Gasteiger partial charge in [-0.3, -0.25) is 4.21 Å². The van der Waals surface area contributed by atoms with Gasteiger partial charge in [0.1, 0.15) is 5.01 Å². The van der Waals surface area contributed by atoms with Gasteiger partial charge in [0, 0.05) is 39.3 Å². The van der Waals surface area contributed by atoms with E-state index in [-0.39, 0.29) is 0 Å². The number of anilines is 1. The summed E-state index contributed by atoms with van der Waals surface area (Å²) in [5, 5.41) is 15.0. The number of rotatable bonds is 6. The minimum Gasteiger partial charge on any atom is -0.357 e. The number of hydrogen-bond donors (Lipinski definition) is 1. The molecule has 1 aromatic heterocycles. The highest BCUT2D eigenvalue weighted by atomic mass is 35.5. The number of hydrogen-bond acceptors (Lipinski definition) is 5. The molecule has 2 aromatic rings. The zero-order valence-electron chi connectivity index (χ0n) is 13.7. The molecular weight excluding hydrogens is 362 g/mol. The van der Waals surface area contributed by atoms with Crippen LogP contribution in [0.3, 0.4) is 0 Å². The molecule has 1 heterocycles. The number of nitrogens with one attached hydrogen (secondary N) is 1. The molecule has 0 spiro atoms. The molecule has 4 nitrogen and oxygen atoms in total. The molecule has 0 amide bonds. The Morgan fingerprint density at radius 3 is 2.83 bits per heavy atom. The SMILES string of the molecule is CCS(=O)C1CCCC(Nc2nnc(Cc3ccc(Cl)cc3)s2)C1. The minimum atomic E-state index is -0.699. The summed E-state index contributed by atoms with van der Waals surface area (Å²) in [6.45, 7) is 2.00. The van der Waals surface area contributed by atoms with Gasteiger partial charge in [0.15, 0.2) is 0 Å². The number of benzene rings is 1. The zero-order chi connectivity index (χ0) is 16.9. The van der Waals surface area contributed by atoms with Crippen LogP contribution in [-0.4, -0.2) is 31.5 Å². The molecule has 0 aliphatic heterocycles. The van der Waals surface area contributed by atoms with E-state index in [1.807, 2.05) is 31.2 Å². The predicted molar refractivity (Wildman–Crippen MR) is 103 cm³/mol. The molecule has 1 fully saturated rings. The summed E-state index contributed by atoms with van der Waals surface area (Å²) in [6.07, 6.45) is 5.06. The van der Waals surface area contributed by atoms with E-state index in [4.69, 9.17) is 11.6 Å². The third kappa shape index (κ3) is 4.77. The first-order valence-electron chi connectivity index (χ1n) is 8.34. The van der Waals surface area contributed by atoms with E-state index in [1.54, 1.807) is 11.3 Å². The molecular formula is C17H22ClN3OS2. The Labute approximate surface area is 154 Å². The second-order valence-corrected chi connectivity index (χ2v) is 9.61. The van der Waals surface area contributed by atoms with Crippen LogP contribution in [0.15, 0.2) is 24.3 Å². The molecule has 1 aliphatic carbocycles. The highest BCUT2D eigenvalue weighted by molar-refractivity contribution is 7.85. The molecule has 3 atom stereocenters. The summed E-state index contributed by atoms with van der Waals surface area (Å²) in [7, 11) is -0.699. The van der Waals surface area contributed by atoms with Gasteiger partial charge in [-0.2, -0.15) is 0 Å². The van der Waals surface area contributed by atoms with E-state index in [0.717, 1.165) is 53.0 Å². The fourth-order valence-corrected chi connectivity index (χ4v) is 5.41. The van der Waals surface area contributed by atoms with E-state index < -0.39 is 10.8 Å². The Morgan fingerprint density at radius 1 is 1.29 bits per heavy atom. The lowest BCUT2D eigenvalue weighted by atomic mass is 9.95. The first-order chi connectivity index (χ1) is 11.6. The zero-order valence-corrected chi connectivity index (χ0v) is 16.1. The molecule has 3 rings (SSSR count). The van der Waals surface area contributed by atoms with Crippen LogP contribution in [0.25, 0.3) is 0 Å². The summed E-state index contributed by atoms with van der Waals surface area (Å²) in [5.74, 6) is 0.751. The lowest BCUT2D eigenvalue weighted by Gasteiger charge is -2.28. The quantitative estimate of drug-likeness (QED) is 0.809. The van der Waals surface area contributed by atoms with Crippen molar-refractivity contribution >= 4 is 38.9 Å². The second kappa shape index (κ2) is 8.41. The molecule has 1 aliphatic rings. The molecule has 0 radical (unpaired) electrons. The van der Waals surface area contributed by atoms with Gasteiger partial charge < -0.3 is 5.32 Å². The van der Waals surface area contributed by atoms with Gasteiger partial charge in [0.25, 0.3) is 0 Å². The predicted octanol–water partition coefficient (Wildman–Crippen LogP) is 4.27. The second-order valence-electron chi connectivity index (χ2n) is 6.10. The molecule has 24 heavy (non-hydrogen) atoms. The van der Waals surface area contributed by atoms with Crippen LogP contribution < -0.4 is 5.32 Å². The van der Waals surface area contributed by atoms with Crippen LogP contribution in [0.4, 0.5) is 5.13 Å². The van der Waals surface area contributed by atoms with Crippen molar-refractivity contribution < 1.29 is 4.21 Å². The Hall–Kier alpha value is -0.980. The Morgan fingerprint density at radius 2 is 2.08 bits per heavy atom. The van der Waals surface area contributed by atoms with E-state index in [2.05, 4.69) is 15.5 Å². The van der Waals surface area contributed by atoms with Crippen molar-refractivity contribution in [3.8, 4) is 0 Å². The van der Waals surface area contributed by atoms with Crippen molar-refractivity contribution in [1.29, 1.82) is 0 Å². The van der Waals surface area contributed by atoms with Crippen LogP contribution in [0.5, 0.6) is 0 Å². The average Bonchev–Trinajstić information content (AvgIpc) is 3.03. The van der Waals surface area contributed by atoms with E-state index >= 15 is 0 Å². The summed E-state index contributed by atoms with van der Waals surface area (Å²) in [6, 6.07) is 8.18. The molecule has 1 N–H and O–H groups in total. The minimum absolute atomic E-state index is 0.322. The highest BCUT2D eigenvalue weighted by Gasteiger charge is 2.26. The maximum Gasteiger partial charge on any atom is 0.205 e. The van der Waals surface area contributed by atoms with E-state index in [9.17, 15) is 4.21 Å². The van der Waals surface area contributed by atoms with Crippen molar-refractivity contribution in [3.63, 3.8) is 0 Å². The number of halogens is 1. The third-order valence-corrected chi connectivity index (χ3v) is 7.19. The summed E-state index contributed by atoms with van der Waals surface area (Å²) in [5.41, 5.74) is 1.18. The van der Waals surface area contributed by atoms with Crippen LogP contribution >= 0.6 is 22.9 Å². The van der Waals surface area contributed by atoms with E-state index in [1.165, 1.54) is 5.56 Å². The molecule has 7 heteroatoms. The monoisotopic (exact) mass is 383 g/mol. The van der Waals surface area contributed by atoms with Crippen LogP contribution in [0.2, 0.25) is 5.02 Å². The van der Waals surface area contributed by atoms with Crippen molar-refractivity contribution in [3.05, 3.63) is 39.9 Å². The van der Waals surface area contributed by atoms with Crippen LogP contribution in [0, 0.1) is 0 Å². The van der Waals surface area contributed by atoms with Crippen molar-refractivity contribution in [2.45, 2.75) is 50.3 Å². The van der Waals surface area contributed by atoms with Crippen molar-refractivity contribution in [2.24, 2.45) is 0 Å². The molecule has 1 aromatic carbocycles. The molecule has 0 bridgehead atoms. The highest BCUT2D eigenvalue weighted by Crippen LogP contribution is 2.27. The van der Waals surface area contributed by atoms with Gasteiger partial charge in [0.2, 0.25) is 5.13 Å². The standard InChI is InChI=1S/C17H22ClN3OS2/c1-2-24(22)15-5-3-4-14(11-15)19-17-21-20-16(23-17)10-12-6-8-13(18)9-7-12/h6-9,14-15H,2-5,10-11H2,1H3,(H,19,21). The number of aromatic nitrogens is 2. The fourth-order valence-electron chi connectivity index (χ4n) is 3.09. The maximum atomic E-state index is 12.0. The van der Waals surface area contributed by atoms with Gasteiger partial charge in [-0.15, -0.1) is 10.2 Å². The van der Waals surface area contributed by atoms with Gasteiger partial charge >= 0.3 is 0 Å². The maximum absolute atomic E-state index is 12.0. The van der Waals surface area contributed by atoms with Crippen molar-refractivity contribution in [1.82, 2.24) is 10.2 Å². The largest absolute Gasteiger partial charge is 0.357 e. The summed E-state index contributed by atoms with van der Waals surface area (Å²) >= 11 is 7.51. The summed E-state index contributed by atoms with van der Waals surface area (Å²) < 4.78 is 12.0. The van der Waals surface area contributed by atoms with Gasteiger partial charge in [0.05, 0.1) is 0 Å². The average molecular weight is 384 g/mol. The Kier molecular flexibility index (Phi) is 6.25. The topological polar surface area (TPSA) is 54.9 Å². The normalized spacial score (nSPS) is 22.2. The van der Waals surface area contributed by atoms with Crippen LogP contribution in [-0.2, 0) is 17.2 Å².